The second-order valence-corrected chi connectivity index (χ2v) is 6.55. The number of hydrogen-bond acceptors (Lipinski definition) is 5. The molecule has 0 bridgehead atoms. The Morgan fingerprint density at radius 1 is 1.05 bits per heavy atom. The van der Waals surface area contributed by atoms with Crippen LogP contribution < -0.4 is 4.18 Å². The van der Waals surface area contributed by atoms with Gasteiger partial charge in [0, 0.05) is 12.1 Å². The van der Waals surface area contributed by atoms with Crippen molar-refractivity contribution in [3.05, 3.63) is 34.4 Å². The van der Waals surface area contributed by atoms with Crippen molar-refractivity contribution in [1.29, 1.82) is 0 Å². The summed E-state index contributed by atoms with van der Waals surface area (Å²) in [5.41, 5.74) is -0.101. The quantitative estimate of drug-likeness (QED) is 0.284. The fraction of sp³-hybridized carbons (Fsp3) is 0.571. The van der Waals surface area contributed by atoms with E-state index >= 15 is 0 Å². The van der Waals surface area contributed by atoms with Crippen molar-refractivity contribution in [1.82, 2.24) is 0 Å². The van der Waals surface area contributed by atoms with Crippen LogP contribution in [0.2, 0.25) is 0 Å². The Morgan fingerprint density at radius 2 is 1.62 bits per heavy atom. The molecular weight excluding hydrogens is 294 g/mol. The van der Waals surface area contributed by atoms with Gasteiger partial charge < -0.3 is 4.18 Å². The Balaban J connectivity index is 2.39. The predicted octanol–water partition coefficient (Wildman–Crippen LogP) is 3.66. The summed E-state index contributed by atoms with van der Waals surface area (Å²) in [4.78, 5) is 9.95. The fourth-order valence-corrected chi connectivity index (χ4v) is 2.92. The number of benzene rings is 1. The summed E-state index contributed by atoms with van der Waals surface area (Å²) in [7, 11) is -3.63. The number of hydrogen-bond donors (Lipinski definition) is 0. The Labute approximate surface area is 125 Å². The van der Waals surface area contributed by atoms with Gasteiger partial charge in [-0.2, -0.15) is 8.42 Å². The second kappa shape index (κ2) is 8.61. The van der Waals surface area contributed by atoms with Crippen LogP contribution in [0.25, 0.3) is 0 Å². The first-order valence-electron chi connectivity index (χ1n) is 7.11. The van der Waals surface area contributed by atoms with E-state index in [1.54, 1.807) is 0 Å². The summed E-state index contributed by atoms with van der Waals surface area (Å²) in [6, 6.07) is 5.01. The lowest BCUT2D eigenvalue weighted by Crippen LogP contribution is -2.13. The molecule has 0 aromatic heterocycles. The van der Waals surface area contributed by atoms with Crippen LogP contribution >= 0.6 is 0 Å². The van der Waals surface area contributed by atoms with Crippen LogP contribution in [0.4, 0.5) is 5.69 Å². The summed E-state index contributed by atoms with van der Waals surface area (Å²) in [5.74, 6) is 0.0717. The largest absolute Gasteiger partial charge is 0.382 e. The molecule has 0 N–H and O–H groups in total. The molecule has 21 heavy (non-hydrogen) atoms. The highest BCUT2D eigenvalue weighted by Crippen LogP contribution is 2.19. The fourth-order valence-electron chi connectivity index (χ4n) is 1.87. The smallest absolute Gasteiger partial charge is 0.309 e. The Hall–Kier alpha value is -1.63. The van der Waals surface area contributed by atoms with Gasteiger partial charge in [-0.25, -0.2) is 0 Å². The maximum atomic E-state index is 11.8. The molecule has 1 aromatic carbocycles. The van der Waals surface area contributed by atoms with E-state index < -0.39 is 15.0 Å². The summed E-state index contributed by atoms with van der Waals surface area (Å²) in [5, 5.41) is 10.5. The minimum absolute atomic E-state index is 0.0316. The van der Waals surface area contributed by atoms with Crippen molar-refractivity contribution in [3.8, 4) is 5.75 Å². The third kappa shape index (κ3) is 7.08. The van der Waals surface area contributed by atoms with Crippen molar-refractivity contribution in [2.45, 2.75) is 45.4 Å². The average Bonchev–Trinajstić information content (AvgIpc) is 2.43. The molecule has 6 nitrogen and oxygen atoms in total. The number of nitro benzene ring substituents is 1. The molecule has 7 heteroatoms. The summed E-state index contributed by atoms with van der Waals surface area (Å²) < 4.78 is 28.4. The molecule has 0 spiro atoms. The van der Waals surface area contributed by atoms with Crippen molar-refractivity contribution in [3.63, 3.8) is 0 Å². The van der Waals surface area contributed by atoms with Gasteiger partial charge in [-0.15, -0.1) is 0 Å². The van der Waals surface area contributed by atoms with Gasteiger partial charge in [0.15, 0.2) is 0 Å². The van der Waals surface area contributed by atoms with Gasteiger partial charge >= 0.3 is 10.1 Å². The topological polar surface area (TPSA) is 86.5 Å². The van der Waals surface area contributed by atoms with Gasteiger partial charge in [-0.05, 0) is 18.6 Å². The summed E-state index contributed by atoms with van der Waals surface area (Å²) in [6.45, 7) is 2.13. The van der Waals surface area contributed by atoms with Crippen LogP contribution in [0.5, 0.6) is 5.75 Å². The number of nitro groups is 1. The maximum Gasteiger partial charge on any atom is 0.309 e. The molecule has 0 heterocycles. The van der Waals surface area contributed by atoms with Gasteiger partial charge in [0.05, 0.1) is 10.7 Å². The molecule has 0 unspecified atom stereocenters. The van der Waals surface area contributed by atoms with E-state index in [0.717, 1.165) is 25.7 Å². The lowest BCUT2D eigenvalue weighted by atomic mass is 10.1. The highest BCUT2D eigenvalue weighted by molar-refractivity contribution is 7.87. The van der Waals surface area contributed by atoms with E-state index in [-0.39, 0.29) is 17.2 Å². The first kappa shape index (κ1) is 17.4. The molecule has 0 saturated heterocycles. The molecular formula is C14H21NO5S. The SMILES string of the molecule is CCCCCCCCS(=O)(=O)Oc1ccc([N+](=O)[O-])cc1. The number of rotatable bonds is 10. The molecule has 0 radical (unpaired) electrons. The molecule has 0 saturated carbocycles. The number of unbranched alkanes of at least 4 members (excludes halogenated alkanes) is 5. The normalized spacial score (nSPS) is 11.3. The van der Waals surface area contributed by atoms with E-state index in [0.29, 0.717) is 6.42 Å². The zero-order valence-electron chi connectivity index (χ0n) is 12.2. The Morgan fingerprint density at radius 3 is 2.19 bits per heavy atom. The predicted molar refractivity (Wildman–Crippen MR) is 80.9 cm³/mol. The van der Waals surface area contributed by atoms with Crippen LogP contribution in [0.1, 0.15) is 45.4 Å². The lowest BCUT2D eigenvalue weighted by Gasteiger charge is -2.06. The van der Waals surface area contributed by atoms with Crippen LogP contribution in [0, 0.1) is 10.1 Å². The summed E-state index contributed by atoms with van der Waals surface area (Å²) in [6.07, 6.45) is 5.91. The molecule has 0 aliphatic carbocycles. The molecule has 1 rings (SSSR count). The lowest BCUT2D eigenvalue weighted by molar-refractivity contribution is -0.384. The molecule has 1 aromatic rings. The first-order valence-corrected chi connectivity index (χ1v) is 8.69. The van der Waals surface area contributed by atoms with Crippen molar-refractivity contribution in [2.24, 2.45) is 0 Å². The number of non-ortho nitro benzene ring substituents is 1. The maximum absolute atomic E-state index is 11.8. The van der Waals surface area contributed by atoms with Gasteiger partial charge in [0.25, 0.3) is 5.69 Å². The van der Waals surface area contributed by atoms with Crippen LogP contribution in [0.15, 0.2) is 24.3 Å². The number of nitrogens with zero attached hydrogens (tertiary/aromatic N) is 1. The van der Waals surface area contributed by atoms with Crippen molar-refractivity contribution >= 4 is 15.8 Å². The molecule has 0 fully saturated rings. The third-order valence-corrected chi connectivity index (χ3v) is 4.25. The van der Waals surface area contributed by atoms with Crippen LogP contribution in [-0.4, -0.2) is 19.1 Å². The van der Waals surface area contributed by atoms with E-state index in [2.05, 4.69) is 6.92 Å². The minimum atomic E-state index is -3.63. The van der Waals surface area contributed by atoms with E-state index in [1.807, 2.05) is 0 Å². The van der Waals surface area contributed by atoms with E-state index in [9.17, 15) is 18.5 Å². The monoisotopic (exact) mass is 315 g/mol. The third-order valence-electron chi connectivity index (χ3n) is 3.02. The van der Waals surface area contributed by atoms with E-state index in [4.69, 9.17) is 4.18 Å². The van der Waals surface area contributed by atoms with Crippen LogP contribution in [-0.2, 0) is 10.1 Å². The average molecular weight is 315 g/mol. The van der Waals surface area contributed by atoms with Crippen LogP contribution in [0.3, 0.4) is 0 Å². The summed E-state index contributed by atoms with van der Waals surface area (Å²) >= 11 is 0. The van der Waals surface area contributed by atoms with Gasteiger partial charge in [0.2, 0.25) is 0 Å². The first-order chi connectivity index (χ1) is 9.94. The van der Waals surface area contributed by atoms with Crippen molar-refractivity contribution in [2.75, 3.05) is 5.75 Å². The molecule has 118 valence electrons. The molecule has 0 aliphatic heterocycles. The highest BCUT2D eigenvalue weighted by atomic mass is 32.2. The highest BCUT2D eigenvalue weighted by Gasteiger charge is 2.13. The van der Waals surface area contributed by atoms with Crippen molar-refractivity contribution < 1.29 is 17.5 Å². The Bertz CT molecular complexity index is 539. The molecule has 0 amide bonds. The second-order valence-electron chi connectivity index (χ2n) is 4.86. The van der Waals surface area contributed by atoms with Gasteiger partial charge in [0.1, 0.15) is 5.75 Å². The van der Waals surface area contributed by atoms with E-state index in [1.165, 1.54) is 30.7 Å². The molecule has 0 atom stereocenters. The standard InChI is InChI=1S/C14H21NO5S/c1-2-3-4-5-6-7-12-21(18,19)20-14-10-8-13(9-11-14)15(16)17/h8-11H,2-7,12H2,1H3. The zero-order valence-corrected chi connectivity index (χ0v) is 13.0. The van der Waals surface area contributed by atoms with Gasteiger partial charge in [-0.1, -0.05) is 39.0 Å². The minimum Gasteiger partial charge on any atom is -0.382 e. The van der Waals surface area contributed by atoms with Gasteiger partial charge in [-0.3, -0.25) is 10.1 Å². The Kier molecular flexibility index (Phi) is 7.14. The zero-order chi connectivity index (χ0) is 15.7. The molecule has 0 aliphatic rings.